The molecule has 2 aromatic carbocycles. The standard InChI is InChI=1S/C14H8BrFN2O/c15-12-6-3-10(7-13(12)16)14(19)18-11-4-1-9(8-17)2-5-11/h1-7H,(H,18,19). The Bertz CT molecular complexity index is 662. The Hall–Kier alpha value is -2.19. The second kappa shape index (κ2) is 5.63. The van der Waals surface area contributed by atoms with Crippen LogP contribution in [0.5, 0.6) is 0 Å². The molecule has 0 radical (unpaired) electrons. The van der Waals surface area contributed by atoms with Crippen molar-refractivity contribution >= 4 is 27.5 Å². The zero-order chi connectivity index (χ0) is 13.8. The van der Waals surface area contributed by atoms with Crippen LogP contribution in [0.25, 0.3) is 0 Å². The van der Waals surface area contributed by atoms with Crippen molar-refractivity contribution in [3.63, 3.8) is 0 Å². The number of hydrogen-bond acceptors (Lipinski definition) is 2. The average molecular weight is 319 g/mol. The third-order valence-corrected chi connectivity index (χ3v) is 3.10. The van der Waals surface area contributed by atoms with Crippen molar-refractivity contribution in [2.24, 2.45) is 0 Å². The van der Waals surface area contributed by atoms with Crippen molar-refractivity contribution < 1.29 is 9.18 Å². The molecule has 1 N–H and O–H groups in total. The lowest BCUT2D eigenvalue weighted by Gasteiger charge is -2.05. The molecule has 0 aliphatic rings. The van der Waals surface area contributed by atoms with Gasteiger partial charge in [-0.3, -0.25) is 4.79 Å². The predicted octanol–water partition coefficient (Wildman–Crippen LogP) is 3.71. The maximum atomic E-state index is 13.3. The average Bonchev–Trinajstić information content (AvgIpc) is 2.42. The van der Waals surface area contributed by atoms with Crippen molar-refractivity contribution in [2.75, 3.05) is 5.32 Å². The number of nitrogens with one attached hydrogen (secondary N) is 1. The Morgan fingerprint density at radius 3 is 2.47 bits per heavy atom. The van der Waals surface area contributed by atoms with E-state index < -0.39 is 11.7 Å². The summed E-state index contributed by atoms with van der Waals surface area (Å²) in [6.45, 7) is 0. The summed E-state index contributed by atoms with van der Waals surface area (Å²) in [4.78, 5) is 11.9. The van der Waals surface area contributed by atoms with E-state index in [1.54, 1.807) is 24.3 Å². The van der Waals surface area contributed by atoms with Gasteiger partial charge in [-0.25, -0.2) is 4.39 Å². The molecular weight excluding hydrogens is 311 g/mol. The van der Waals surface area contributed by atoms with Gasteiger partial charge >= 0.3 is 0 Å². The Labute approximate surface area is 117 Å². The highest BCUT2D eigenvalue weighted by atomic mass is 79.9. The fraction of sp³-hybridized carbons (Fsp3) is 0. The van der Waals surface area contributed by atoms with Crippen LogP contribution in [0.2, 0.25) is 0 Å². The van der Waals surface area contributed by atoms with E-state index in [1.807, 2.05) is 6.07 Å². The number of benzene rings is 2. The highest BCUT2D eigenvalue weighted by molar-refractivity contribution is 9.10. The lowest BCUT2D eigenvalue weighted by Crippen LogP contribution is -2.12. The van der Waals surface area contributed by atoms with Crippen molar-refractivity contribution in [1.29, 1.82) is 5.26 Å². The quantitative estimate of drug-likeness (QED) is 0.917. The van der Waals surface area contributed by atoms with Crippen LogP contribution in [0.4, 0.5) is 10.1 Å². The molecule has 19 heavy (non-hydrogen) atoms. The number of carbonyl (C=O) groups is 1. The van der Waals surface area contributed by atoms with Crippen molar-refractivity contribution in [3.05, 3.63) is 63.9 Å². The highest BCUT2D eigenvalue weighted by Crippen LogP contribution is 2.17. The summed E-state index contributed by atoms with van der Waals surface area (Å²) in [6.07, 6.45) is 0. The first-order valence-electron chi connectivity index (χ1n) is 5.37. The van der Waals surface area contributed by atoms with E-state index in [0.717, 1.165) is 6.07 Å². The molecule has 0 saturated heterocycles. The number of amides is 1. The van der Waals surface area contributed by atoms with Gasteiger partial charge in [-0.2, -0.15) is 5.26 Å². The molecule has 2 rings (SSSR count). The van der Waals surface area contributed by atoms with E-state index in [4.69, 9.17) is 5.26 Å². The summed E-state index contributed by atoms with van der Waals surface area (Å²) in [7, 11) is 0. The Morgan fingerprint density at radius 1 is 1.21 bits per heavy atom. The molecule has 0 saturated carbocycles. The van der Waals surface area contributed by atoms with Crippen molar-refractivity contribution in [1.82, 2.24) is 0 Å². The number of rotatable bonds is 2. The van der Waals surface area contributed by atoms with Gasteiger partial charge in [0.05, 0.1) is 16.1 Å². The van der Waals surface area contributed by atoms with Crippen LogP contribution in [0, 0.1) is 17.1 Å². The molecule has 0 aliphatic heterocycles. The van der Waals surface area contributed by atoms with Gasteiger partial charge in [0.1, 0.15) is 5.82 Å². The van der Waals surface area contributed by atoms with Gasteiger partial charge in [0, 0.05) is 11.3 Å². The van der Waals surface area contributed by atoms with Gasteiger partial charge < -0.3 is 5.32 Å². The van der Waals surface area contributed by atoms with Crippen LogP contribution in [0.1, 0.15) is 15.9 Å². The van der Waals surface area contributed by atoms with Crippen LogP contribution < -0.4 is 5.32 Å². The molecule has 0 bridgehead atoms. The second-order valence-corrected chi connectivity index (χ2v) is 4.63. The largest absolute Gasteiger partial charge is 0.322 e. The minimum atomic E-state index is -0.493. The lowest BCUT2D eigenvalue weighted by molar-refractivity contribution is 0.102. The topological polar surface area (TPSA) is 52.9 Å². The molecule has 2 aromatic rings. The van der Waals surface area contributed by atoms with Crippen LogP contribution in [-0.4, -0.2) is 5.91 Å². The van der Waals surface area contributed by atoms with E-state index in [0.29, 0.717) is 15.7 Å². The van der Waals surface area contributed by atoms with E-state index in [9.17, 15) is 9.18 Å². The molecule has 94 valence electrons. The number of hydrogen-bond donors (Lipinski definition) is 1. The molecule has 0 atom stereocenters. The van der Waals surface area contributed by atoms with E-state index in [1.165, 1.54) is 12.1 Å². The third kappa shape index (κ3) is 3.18. The van der Waals surface area contributed by atoms with E-state index in [-0.39, 0.29) is 5.56 Å². The number of anilines is 1. The summed E-state index contributed by atoms with van der Waals surface area (Å²) < 4.78 is 13.6. The first-order valence-corrected chi connectivity index (χ1v) is 6.16. The van der Waals surface area contributed by atoms with Gasteiger partial charge in [0.2, 0.25) is 0 Å². The SMILES string of the molecule is N#Cc1ccc(NC(=O)c2ccc(Br)c(F)c2)cc1. The molecule has 1 amide bonds. The Morgan fingerprint density at radius 2 is 1.89 bits per heavy atom. The number of halogens is 2. The van der Waals surface area contributed by atoms with Crippen LogP contribution in [0.15, 0.2) is 46.9 Å². The van der Waals surface area contributed by atoms with Crippen LogP contribution in [-0.2, 0) is 0 Å². The van der Waals surface area contributed by atoms with E-state index >= 15 is 0 Å². The number of nitrogens with zero attached hydrogens (tertiary/aromatic N) is 1. The summed E-state index contributed by atoms with van der Waals surface area (Å²) in [5, 5.41) is 11.3. The number of nitriles is 1. The molecule has 0 spiro atoms. The predicted molar refractivity (Wildman–Crippen MR) is 73.2 cm³/mol. The maximum absolute atomic E-state index is 13.3. The molecule has 5 heteroatoms. The zero-order valence-electron chi connectivity index (χ0n) is 9.65. The Balaban J connectivity index is 2.16. The minimum absolute atomic E-state index is 0.227. The minimum Gasteiger partial charge on any atom is -0.322 e. The van der Waals surface area contributed by atoms with Crippen molar-refractivity contribution in [3.8, 4) is 6.07 Å². The molecule has 0 aromatic heterocycles. The molecule has 0 aliphatic carbocycles. The van der Waals surface area contributed by atoms with Crippen molar-refractivity contribution in [2.45, 2.75) is 0 Å². The summed E-state index contributed by atoms with van der Waals surface area (Å²) >= 11 is 3.02. The van der Waals surface area contributed by atoms with Gasteiger partial charge in [0.25, 0.3) is 5.91 Å². The zero-order valence-corrected chi connectivity index (χ0v) is 11.2. The maximum Gasteiger partial charge on any atom is 0.255 e. The molecule has 0 fully saturated rings. The second-order valence-electron chi connectivity index (χ2n) is 3.77. The first-order chi connectivity index (χ1) is 9.10. The number of carbonyl (C=O) groups excluding carboxylic acids is 1. The smallest absolute Gasteiger partial charge is 0.255 e. The monoisotopic (exact) mass is 318 g/mol. The van der Waals surface area contributed by atoms with Gasteiger partial charge in [-0.1, -0.05) is 0 Å². The molecule has 0 unspecified atom stereocenters. The fourth-order valence-electron chi connectivity index (χ4n) is 1.47. The van der Waals surface area contributed by atoms with Gasteiger partial charge in [-0.15, -0.1) is 0 Å². The Kier molecular flexibility index (Phi) is 3.93. The van der Waals surface area contributed by atoms with Gasteiger partial charge in [0.15, 0.2) is 0 Å². The lowest BCUT2D eigenvalue weighted by atomic mass is 10.2. The molecule has 3 nitrogen and oxygen atoms in total. The highest BCUT2D eigenvalue weighted by Gasteiger charge is 2.08. The third-order valence-electron chi connectivity index (χ3n) is 2.45. The summed E-state index contributed by atoms with van der Waals surface area (Å²) in [5.74, 6) is -0.899. The van der Waals surface area contributed by atoms with Crippen LogP contribution in [0.3, 0.4) is 0 Å². The summed E-state index contributed by atoms with van der Waals surface area (Å²) in [6, 6.07) is 12.6. The normalized spacial score (nSPS) is 9.74. The van der Waals surface area contributed by atoms with Gasteiger partial charge in [-0.05, 0) is 58.4 Å². The first kappa shape index (κ1) is 13.2. The summed E-state index contributed by atoms with van der Waals surface area (Å²) in [5.41, 5.74) is 1.28. The van der Waals surface area contributed by atoms with Crippen LogP contribution >= 0.6 is 15.9 Å². The molecular formula is C14H8BrFN2O. The molecule has 0 heterocycles. The fourth-order valence-corrected chi connectivity index (χ4v) is 1.72. The van der Waals surface area contributed by atoms with E-state index in [2.05, 4.69) is 21.2 Å².